The average molecular weight is 350 g/mol. The normalized spacial score (nSPS) is 23.6. The Bertz CT molecular complexity index is 625. The van der Waals surface area contributed by atoms with Gasteiger partial charge in [0.05, 0.1) is 19.3 Å². The third-order valence-corrected chi connectivity index (χ3v) is 4.50. The zero-order valence-electron chi connectivity index (χ0n) is 14.1. The molecule has 0 saturated carbocycles. The molecule has 7 heteroatoms. The lowest BCUT2D eigenvalue weighted by Gasteiger charge is -2.32. The zero-order valence-corrected chi connectivity index (χ0v) is 14.1. The third-order valence-electron chi connectivity index (χ3n) is 4.50. The number of halogens is 1. The second kappa shape index (κ2) is 8.29. The Morgan fingerprint density at radius 3 is 3.08 bits per heavy atom. The molecule has 1 aromatic carbocycles. The minimum atomic E-state index is -0.361. The fraction of sp³-hybridized carbons (Fsp3) is 0.556. The number of nitrogens with zero attached hydrogens (tertiary/aromatic N) is 1. The van der Waals surface area contributed by atoms with Gasteiger partial charge < -0.3 is 19.7 Å². The average Bonchev–Trinajstić information content (AvgIpc) is 3.00. The summed E-state index contributed by atoms with van der Waals surface area (Å²) in [6, 6.07) is 5.67. The Morgan fingerprint density at radius 2 is 2.32 bits per heavy atom. The molecule has 3 rings (SSSR count). The molecule has 136 valence electrons. The molecule has 0 aromatic heterocycles. The van der Waals surface area contributed by atoms with E-state index in [0.717, 1.165) is 13.0 Å². The number of benzene rings is 1. The summed E-state index contributed by atoms with van der Waals surface area (Å²) in [7, 11) is 0. The number of nitrogens with one attached hydrogen (secondary N) is 1. The standard InChI is InChI=1S/C18H23FN2O4/c19-13-3-1-4-14(11-13)25-16-7-10-24-12-15(16)20-17(22)6-9-21-8-2-5-18(21)23/h1,3-4,11,15-16H,2,5-10,12H2,(H,20,22). The number of rotatable bonds is 6. The zero-order chi connectivity index (χ0) is 17.6. The Hall–Kier alpha value is -2.15. The van der Waals surface area contributed by atoms with Crippen molar-refractivity contribution in [1.82, 2.24) is 10.2 Å². The molecule has 2 fully saturated rings. The van der Waals surface area contributed by atoms with Crippen LogP contribution in [-0.4, -0.2) is 55.2 Å². The van der Waals surface area contributed by atoms with Crippen LogP contribution in [0.1, 0.15) is 25.7 Å². The van der Waals surface area contributed by atoms with Crippen LogP contribution in [0.5, 0.6) is 5.75 Å². The summed E-state index contributed by atoms with van der Waals surface area (Å²) in [6.07, 6.45) is 2.04. The molecule has 0 radical (unpaired) electrons. The molecule has 2 heterocycles. The summed E-state index contributed by atoms with van der Waals surface area (Å²) < 4.78 is 24.6. The van der Waals surface area contributed by atoms with Crippen molar-refractivity contribution in [3.8, 4) is 5.75 Å². The van der Waals surface area contributed by atoms with Gasteiger partial charge in [0, 0.05) is 38.4 Å². The van der Waals surface area contributed by atoms with Crippen LogP contribution in [0.15, 0.2) is 24.3 Å². The van der Waals surface area contributed by atoms with Gasteiger partial charge in [-0.2, -0.15) is 0 Å². The van der Waals surface area contributed by atoms with Crippen molar-refractivity contribution in [2.75, 3.05) is 26.3 Å². The maximum Gasteiger partial charge on any atom is 0.222 e. The molecule has 2 atom stereocenters. The molecular formula is C18H23FN2O4. The number of hydrogen-bond acceptors (Lipinski definition) is 4. The quantitative estimate of drug-likeness (QED) is 0.844. The Balaban J connectivity index is 1.51. The van der Waals surface area contributed by atoms with E-state index in [-0.39, 0.29) is 36.2 Å². The van der Waals surface area contributed by atoms with Crippen LogP contribution in [0.2, 0.25) is 0 Å². The van der Waals surface area contributed by atoms with Gasteiger partial charge in [-0.25, -0.2) is 4.39 Å². The highest BCUT2D eigenvalue weighted by molar-refractivity contribution is 5.80. The number of amides is 2. The van der Waals surface area contributed by atoms with Crippen molar-refractivity contribution in [2.45, 2.75) is 37.8 Å². The van der Waals surface area contributed by atoms with Crippen LogP contribution in [0.3, 0.4) is 0 Å². The lowest BCUT2D eigenvalue weighted by Crippen LogP contribution is -2.52. The molecule has 2 aliphatic rings. The highest BCUT2D eigenvalue weighted by Crippen LogP contribution is 2.19. The molecule has 2 aliphatic heterocycles. The minimum absolute atomic E-state index is 0.112. The largest absolute Gasteiger partial charge is 0.488 e. The minimum Gasteiger partial charge on any atom is -0.488 e. The van der Waals surface area contributed by atoms with Gasteiger partial charge in [0.25, 0.3) is 0 Å². The molecule has 0 spiro atoms. The molecule has 2 saturated heterocycles. The first-order chi connectivity index (χ1) is 12.1. The number of likely N-dealkylation sites (tertiary alicyclic amines) is 1. The predicted molar refractivity (Wildman–Crippen MR) is 88.6 cm³/mol. The lowest BCUT2D eigenvalue weighted by molar-refractivity contribution is -0.129. The Morgan fingerprint density at radius 1 is 1.44 bits per heavy atom. The van der Waals surface area contributed by atoms with Crippen molar-refractivity contribution in [3.05, 3.63) is 30.1 Å². The van der Waals surface area contributed by atoms with Gasteiger partial charge in [0.1, 0.15) is 17.7 Å². The predicted octanol–water partition coefficient (Wildman–Crippen LogP) is 1.49. The molecular weight excluding hydrogens is 327 g/mol. The van der Waals surface area contributed by atoms with E-state index in [1.165, 1.54) is 12.1 Å². The van der Waals surface area contributed by atoms with Crippen molar-refractivity contribution in [1.29, 1.82) is 0 Å². The maximum atomic E-state index is 13.3. The first-order valence-corrected chi connectivity index (χ1v) is 8.69. The summed E-state index contributed by atoms with van der Waals surface area (Å²) in [5, 5.41) is 2.92. The SMILES string of the molecule is O=C(CCN1CCCC1=O)NC1COCCC1Oc1cccc(F)c1. The van der Waals surface area contributed by atoms with Crippen LogP contribution in [0.4, 0.5) is 4.39 Å². The second-order valence-electron chi connectivity index (χ2n) is 6.39. The Labute approximate surface area is 146 Å². The Kier molecular flexibility index (Phi) is 5.86. The van der Waals surface area contributed by atoms with E-state index in [0.29, 0.717) is 38.3 Å². The summed E-state index contributed by atoms with van der Waals surface area (Å²) >= 11 is 0. The van der Waals surface area contributed by atoms with E-state index in [2.05, 4.69) is 5.32 Å². The maximum absolute atomic E-state index is 13.3. The van der Waals surface area contributed by atoms with Crippen molar-refractivity contribution >= 4 is 11.8 Å². The van der Waals surface area contributed by atoms with Gasteiger partial charge in [-0.15, -0.1) is 0 Å². The van der Waals surface area contributed by atoms with Gasteiger partial charge >= 0.3 is 0 Å². The first-order valence-electron chi connectivity index (χ1n) is 8.69. The van der Waals surface area contributed by atoms with Gasteiger partial charge in [0.15, 0.2) is 0 Å². The van der Waals surface area contributed by atoms with E-state index >= 15 is 0 Å². The smallest absolute Gasteiger partial charge is 0.222 e. The monoisotopic (exact) mass is 350 g/mol. The fourth-order valence-corrected chi connectivity index (χ4v) is 3.16. The highest BCUT2D eigenvalue weighted by Gasteiger charge is 2.29. The fourth-order valence-electron chi connectivity index (χ4n) is 3.16. The van der Waals surface area contributed by atoms with Gasteiger partial charge in [0.2, 0.25) is 11.8 Å². The van der Waals surface area contributed by atoms with Crippen LogP contribution < -0.4 is 10.1 Å². The van der Waals surface area contributed by atoms with Crippen molar-refractivity contribution in [3.63, 3.8) is 0 Å². The molecule has 2 unspecified atom stereocenters. The van der Waals surface area contributed by atoms with Gasteiger partial charge in [-0.3, -0.25) is 9.59 Å². The van der Waals surface area contributed by atoms with E-state index in [1.54, 1.807) is 17.0 Å². The molecule has 1 N–H and O–H groups in total. The summed E-state index contributed by atoms with van der Waals surface area (Å²) in [6.45, 7) is 2.06. The molecule has 0 bridgehead atoms. The summed E-state index contributed by atoms with van der Waals surface area (Å²) in [5.74, 6) is 0.0541. The van der Waals surface area contributed by atoms with Crippen molar-refractivity contribution in [2.24, 2.45) is 0 Å². The highest BCUT2D eigenvalue weighted by atomic mass is 19.1. The number of carbonyl (C=O) groups excluding carboxylic acids is 2. The van der Waals surface area contributed by atoms with E-state index in [4.69, 9.17) is 9.47 Å². The molecule has 6 nitrogen and oxygen atoms in total. The summed E-state index contributed by atoms with van der Waals surface area (Å²) in [5.41, 5.74) is 0. The number of ether oxygens (including phenoxy) is 2. The molecule has 2 amide bonds. The topological polar surface area (TPSA) is 67.9 Å². The number of hydrogen-bond donors (Lipinski definition) is 1. The van der Waals surface area contributed by atoms with E-state index in [9.17, 15) is 14.0 Å². The van der Waals surface area contributed by atoms with Gasteiger partial charge in [-0.1, -0.05) is 6.07 Å². The second-order valence-corrected chi connectivity index (χ2v) is 6.39. The van der Waals surface area contributed by atoms with E-state index in [1.807, 2.05) is 0 Å². The summed E-state index contributed by atoms with van der Waals surface area (Å²) in [4.78, 5) is 25.5. The molecule has 0 aliphatic carbocycles. The van der Waals surface area contributed by atoms with Crippen LogP contribution >= 0.6 is 0 Å². The molecule has 1 aromatic rings. The lowest BCUT2D eigenvalue weighted by atomic mass is 10.1. The van der Waals surface area contributed by atoms with Gasteiger partial charge in [-0.05, 0) is 18.6 Å². The van der Waals surface area contributed by atoms with Crippen molar-refractivity contribution < 1.29 is 23.5 Å². The van der Waals surface area contributed by atoms with Crippen LogP contribution in [0, 0.1) is 5.82 Å². The van der Waals surface area contributed by atoms with Crippen LogP contribution in [0.25, 0.3) is 0 Å². The third kappa shape index (κ3) is 4.92. The number of carbonyl (C=O) groups is 2. The van der Waals surface area contributed by atoms with E-state index < -0.39 is 0 Å². The van der Waals surface area contributed by atoms with Crippen LogP contribution in [-0.2, 0) is 14.3 Å². The first kappa shape index (κ1) is 17.7. The molecule has 25 heavy (non-hydrogen) atoms.